The van der Waals surface area contributed by atoms with E-state index in [1.54, 1.807) is 11.1 Å². The predicted octanol–water partition coefficient (Wildman–Crippen LogP) is 3.79. The van der Waals surface area contributed by atoms with Crippen molar-refractivity contribution in [1.29, 1.82) is 0 Å². The summed E-state index contributed by atoms with van der Waals surface area (Å²) in [5.74, 6) is 0. The number of fused-ring (bicyclic) bond motifs is 1. The molecule has 2 nitrogen and oxygen atoms in total. The van der Waals surface area contributed by atoms with Gasteiger partial charge in [0.15, 0.2) is 0 Å². The first kappa shape index (κ1) is 14.1. The Morgan fingerprint density at radius 1 is 1.20 bits per heavy atom. The second kappa shape index (κ2) is 6.73. The average molecular weight is 273 g/mol. The fourth-order valence-electron chi connectivity index (χ4n) is 3.65. The Labute approximate surface area is 122 Å². The van der Waals surface area contributed by atoms with Crippen LogP contribution in [-0.4, -0.2) is 19.3 Å². The van der Waals surface area contributed by atoms with Gasteiger partial charge in [0.25, 0.3) is 0 Å². The highest BCUT2D eigenvalue weighted by Crippen LogP contribution is 2.29. The summed E-state index contributed by atoms with van der Waals surface area (Å²) in [4.78, 5) is 0. The maximum Gasteiger partial charge on any atom is 0.0594 e. The molecular weight excluding hydrogens is 246 g/mol. The molecule has 3 rings (SSSR count). The topological polar surface area (TPSA) is 21.3 Å². The number of benzene rings is 1. The third kappa shape index (κ3) is 3.24. The van der Waals surface area contributed by atoms with Gasteiger partial charge in [0, 0.05) is 12.6 Å². The third-order valence-corrected chi connectivity index (χ3v) is 4.75. The van der Waals surface area contributed by atoms with Crippen LogP contribution in [0.2, 0.25) is 0 Å². The molecule has 1 fully saturated rings. The number of hydrogen-bond acceptors (Lipinski definition) is 2. The number of rotatable bonds is 5. The smallest absolute Gasteiger partial charge is 0.0594 e. The Morgan fingerprint density at radius 2 is 2.05 bits per heavy atom. The lowest BCUT2D eigenvalue weighted by molar-refractivity contribution is 0.0947. The molecule has 20 heavy (non-hydrogen) atoms. The molecule has 1 heterocycles. The lowest BCUT2D eigenvalue weighted by Gasteiger charge is -2.24. The summed E-state index contributed by atoms with van der Waals surface area (Å²) in [5.41, 5.74) is 4.62. The first-order valence-electron chi connectivity index (χ1n) is 8.33. The standard InChI is InChI=1S/C18H27NO/c1-2-19-18(13-17-8-5-11-20-17)16-10-9-14-6-3-4-7-15(14)12-16/h9-10,12,17-19H,2-8,11,13H2,1H3. The van der Waals surface area contributed by atoms with Crippen LogP contribution >= 0.6 is 0 Å². The lowest BCUT2D eigenvalue weighted by Crippen LogP contribution is -2.25. The molecule has 1 aromatic rings. The molecule has 0 spiro atoms. The van der Waals surface area contributed by atoms with E-state index in [0.717, 1.165) is 19.6 Å². The van der Waals surface area contributed by atoms with E-state index in [4.69, 9.17) is 4.74 Å². The van der Waals surface area contributed by atoms with Crippen LogP contribution in [0.5, 0.6) is 0 Å². The van der Waals surface area contributed by atoms with Gasteiger partial charge in [-0.1, -0.05) is 25.1 Å². The number of aryl methyl sites for hydroxylation is 2. The number of hydrogen-bond donors (Lipinski definition) is 1. The zero-order chi connectivity index (χ0) is 13.8. The molecular formula is C18H27NO. The van der Waals surface area contributed by atoms with Gasteiger partial charge in [0.1, 0.15) is 0 Å². The van der Waals surface area contributed by atoms with Crippen LogP contribution in [0.4, 0.5) is 0 Å². The van der Waals surface area contributed by atoms with Crippen molar-refractivity contribution in [3.8, 4) is 0 Å². The van der Waals surface area contributed by atoms with Gasteiger partial charge in [-0.2, -0.15) is 0 Å². The van der Waals surface area contributed by atoms with Crippen molar-refractivity contribution in [3.63, 3.8) is 0 Å². The first-order valence-corrected chi connectivity index (χ1v) is 8.33. The Morgan fingerprint density at radius 3 is 2.80 bits per heavy atom. The second-order valence-electron chi connectivity index (χ2n) is 6.22. The zero-order valence-electron chi connectivity index (χ0n) is 12.7. The Bertz CT molecular complexity index is 437. The quantitative estimate of drug-likeness (QED) is 0.881. The molecule has 1 aliphatic heterocycles. The second-order valence-corrected chi connectivity index (χ2v) is 6.22. The van der Waals surface area contributed by atoms with Crippen molar-refractivity contribution >= 4 is 0 Å². The van der Waals surface area contributed by atoms with Crippen LogP contribution in [-0.2, 0) is 17.6 Å². The minimum Gasteiger partial charge on any atom is -0.378 e. The molecule has 2 unspecified atom stereocenters. The molecule has 2 heteroatoms. The molecule has 0 aromatic heterocycles. The van der Waals surface area contributed by atoms with E-state index in [1.807, 2.05) is 0 Å². The van der Waals surface area contributed by atoms with Crippen LogP contribution < -0.4 is 5.32 Å². The molecule has 110 valence electrons. The molecule has 1 N–H and O–H groups in total. The summed E-state index contributed by atoms with van der Waals surface area (Å²) < 4.78 is 5.82. The van der Waals surface area contributed by atoms with Gasteiger partial charge in [-0.05, 0) is 68.2 Å². The van der Waals surface area contributed by atoms with Gasteiger partial charge >= 0.3 is 0 Å². The number of nitrogens with one attached hydrogen (secondary N) is 1. The highest BCUT2D eigenvalue weighted by Gasteiger charge is 2.22. The maximum absolute atomic E-state index is 5.82. The van der Waals surface area contributed by atoms with Crippen molar-refractivity contribution in [1.82, 2.24) is 5.32 Å². The molecule has 1 aliphatic carbocycles. The van der Waals surface area contributed by atoms with Crippen LogP contribution in [0.1, 0.15) is 61.8 Å². The Hall–Kier alpha value is -0.860. The van der Waals surface area contributed by atoms with Gasteiger partial charge in [-0.15, -0.1) is 0 Å². The van der Waals surface area contributed by atoms with Crippen molar-refractivity contribution in [3.05, 3.63) is 34.9 Å². The molecule has 1 aromatic carbocycles. The molecule has 2 aliphatic rings. The Balaban J connectivity index is 1.75. The fraction of sp³-hybridized carbons (Fsp3) is 0.667. The van der Waals surface area contributed by atoms with Gasteiger partial charge in [0.2, 0.25) is 0 Å². The van der Waals surface area contributed by atoms with Crippen LogP contribution in [0, 0.1) is 0 Å². The number of ether oxygens (including phenoxy) is 1. The summed E-state index contributed by atoms with van der Waals surface area (Å²) in [6.45, 7) is 4.17. The van der Waals surface area contributed by atoms with E-state index in [0.29, 0.717) is 12.1 Å². The summed E-state index contributed by atoms with van der Waals surface area (Å²) in [7, 11) is 0. The largest absolute Gasteiger partial charge is 0.378 e. The summed E-state index contributed by atoms with van der Waals surface area (Å²) in [6, 6.07) is 7.61. The van der Waals surface area contributed by atoms with Gasteiger partial charge in [0.05, 0.1) is 6.10 Å². The highest BCUT2D eigenvalue weighted by atomic mass is 16.5. The molecule has 0 radical (unpaired) electrons. The highest BCUT2D eigenvalue weighted by molar-refractivity contribution is 5.35. The zero-order valence-corrected chi connectivity index (χ0v) is 12.7. The molecule has 1 saturated heterocycles. The molecule has 0 amide bonds. The lowest BCUT2D eigenvalue weighted by atomic mass is 9.88. The molecule has 0 bridgehead atoms. The van der Waals surface area contributed by atoms with Crippen molar-refractivity contribution < 1.29 is 4.74 Å². The van der Waals surface area contributed by atoms with Crippen molar-refractivity contribution in [2.24, 2.45) is 0 Å². The van der Waals surface area contributed by atoms with E-state index < -0.39 is 0 Å². The first-order chi connectivity index (χ1) is 9.86. The van der Waals surface area contributed by atoms with Crippen LogP contribution in [0.15, 0.2) is 18.2 Å². The minimum atomic E-state index is 0.454. The monoisotopic (exact) mass is 273 g/mol. The maximum atomic E-state index is 5.82. The average Bonchev–Trinajstić information content (AvgIpc) is 2.99. The van der Waals surface area contributed by atoms with E-state index in [-0.39, 0.29) is 0 Å². The van der Waals surface area contributed by atoms with E-state index >= 15 is 0 Å². The Kier molecular flexibility index (Phi) is 4.74. The van der Waals surface area contributed by atoms with Crippen molar-refractivity contribution in [2.75, 3.05) is 13.2 Å². The third-order valence-electron chi connectivity index (χ3n) is 4.75. The summed E-state index contributed by atoms with van der Waals surface area (Å²) >= 11 is 0. The predicted molar refractivity (Wildman–Crippen MR) is 83.1 cm³/mol. The van der Waals surface area contributed by atoms with Crippen LogP contribution in [0.25, 0.3) is 0 Å². The summed E-state index contributed by atoms with van der Waals surface area (Å²) in [5, 5.41) is 3.65. The fourth-order valence-corrected chi connectivity index (χ4v) is 3.65. The van der Waals surface area contributed by atoms with E-state index in [1.165, 1.54) is 44.1 Å². The van der Waals surface area contributed by atoms with E-state index in [2.05, 4.69) is 30.4 Å². The van der Waals surface area contributed by atoms with Gasteiger partial charge in [-0.25, -0.2) is 0 Å². The normalized spacial score (nSPS) is 23.6. The molecule has 0 saturated carbocycles. The SMILES string of the molecule is CCNC(CC1CCCO1)c1ccc2c(c1)CCCC2. The minimum absolute atomic E-state index is 0.454. The van der Waals surface area contributed by atoms with Crippen LogP contribution in [0.3, 0.4) is 0 Å². The van der Waals surface area contributed by atoms with Gasteiger partial charge < -0.3 is 10.1 Å². The van der Waals surface area contributed by atoms with Crippen molar-refractivity contribution in [2.45, 2.75) is 64.0 Å². The van der Waals surface area contributed by atoms with Gasteiger partial charge in [-0.3, -0.25) is 0 Å². The molecule has 2 atom stereocenters. The summed E-state index contributed by atoms with van der Waals surface area (Å²) in [6.07, 6.45) is 9.28. The van der Waals surface area contributed by atoms with E-state index in [9.17, 15) is 0 Å².